The normalized spacial score (nSPS) is 11.1. The lowest BCUT2D eigenvalue weighted by atomic mass is 10.0. The SMILES string of the molecule is CCOC(=O)C(C)(C)Oc1ccc(CCc2ccccc2)cc1. The molecule has 0 saturated heterocycles. The highest BCUT2D eigenvalue weighted by Gasteiger charge is 2.31. The van der Waals surface area contributed by atoms with E-state index in [4.69, 9.17) is 9.47 Å². The summed E-state index contributed by atoms with van der Waals surface area (Å²) in [7, 11) is 0. The lowest BCUT2D eigenvalue weighted by molar-refractivity contribution is -0.158. The Bertz CT molecular complexity index is 615. The predicted octanol–water partition coefficient (Wildman–Crippen LogP) is 4.19. The number of hydrogen-bond donors (Lipinski definition) is 0. The Labute approximate surface area is 138 Å². The van der Waals surface area contributed by atoms with E-state index in [9.17, 15) is 4.79 Å². The maximum Gasteiger partial charge on any atom is 0.349 e. The summed E-state index contributed by atoms with van der Waals surface area (Å²) >= 11 is 0. The summed E-state index contributed by atoms with van der Waals surface area (Å²) in [5.74, 6) is 0.319. The van der Waals surface area contributed by atoms with Crippen LogP contribution in [0, 0.1) is 0 Å². The fourth-order valence-corrected chi connectivity index (χ4v) is 2.30. The maximum atomic E-state index is 11.8. The van der Waals surface area contributed by atoms with Crippen molar-refractivity contribution in [3.8, 4) is 5.75 Å². The number of ether oxygens (including phenoxy) is 2. The van der Waals surface area contributed by atoms with Crippen LogP contribution in [0.15, 0.2) is 54.6 Å². The van der Waals surface area contributed by atoms with Crippen LogP contribution in [0.25, 0.3) is 0 Å². The van der Waals surface area contributed by atoms with E-state index in [0.29, 0.717) is 12.4 Å². The van der Waals surface area contributed by atoms with E-state index >= 15 is 0 Å². The first-order valence-electron chi connectivity index (χ1n) is 8.00. The van der Waals surface area contributed by atoms with E-state index in [1.807, 2.05) is 30.3 Å². The second kappa shape index (κ2) is 7.82. The molecule has 0 saturated carbocycles. The van der Waals surface area contributed by atoms with Gasteiger partial charge >= 0.3 is 5.97 Å². The monoisotopic (exact) mass is 312 g/mol. The summed E-state index contributed by atoms with van der Waals surface area (Å²) in [5, 5.41) is 0. The molecule has 0 bridgehead atoms. The second-order valence-electron chi connectivity index (χ2n) is 5.96. The van der Waals surface area contributed by atoms with E-state index in [1.54, 1.807) is 20.8 Å². The van der Waals surface area contributed by atoms with Gasteiger partial charge in [-0.05, 0) is 56.9 Å². The topological polar surface area (TPSA) is 35.5 Å². The highest BCUT2D eigenvalue weighted by Crippen LogP contribution is 2.21. The zero-order valence-corrected chi connectivity index (χ0v) is 14.0. The molecule has 0 fully saturated rings. The molecule has 2 rings (SSSR count). The van der Waals surface area contributed by atoms with Crippen LogP contribution in [-0.4, -0.2) is 18.2 Å². The van der Waals surface area contributed by atoms with Crippen LogP contribution in [0.1, 0.15) is 31.9 Å². The molecule has 122 valence electrons. The average Bonchev–Trinajstić information content (AvgIpc) is 2.55. The van der Waals surface area contributed by atoms with Crippen molar-refractivity contribution in [3.63, 3.8) is 0 Å². The molecule has 0 spiro atoms. The first-order chi connectivity index (χ1) is 11.0. The third-order valence-corrected chi connectivity index (χ3v) is 3.61. The van der Waals surface area contributed by atoms with Gasteiger partial charge in [-0.3, -0.25) is 0 Å². The second-order valence-corrected chi connectivity index (χ2v) is 5.96. The van der Waals surface area contributed by atoms with Crippen molar-refractivity contribution < 1.29 is 14.3 Å². The number of aryl methyl sites for hydroxylation is 2. The Morgan fingerprint density at radius 1 is 0.913 bits per heavy atom. The fraction of sp³-hybridized carbons (Fsp3) is 0.350. The van der Waals surface area contributed by atoms with Gasteiger partial charge in [0.15, 0.2) is 5.60 Å². The summed E-state index contributed by atoms with van der Waals surface area (Å²) in [6.45, 7) is 5.57. The van der Waals surface area contributed by atoms with Crippen molar-refractivity contribution >= 4 is 5.97 Å². The molecule has 23 heavy (non-hydrogen) atoms. The molecular formula is C20H24O3. The third-order valence-electron chi connectivity index (χ3n) is 3.61. The van der Waals surface area contributed by atoms with Crippen LogP contribution < -0.4 is 4.74 Å². The molecule has 0 atom stereocenters. The van der Waals surface area contributed by atoms with E-state index in [0.717, 1.165) is 12.8 Å². The summed E-state index contributed by atoms with van der Waals surface area (Å²) in [6.07, 6.45) is 1.99. The Morgan fingerprint density at radius 3 is 2.04 bits per heavy atom. The van der Waals surface area contributed by atoms with Crippen molar-refractivity contribution in [2.24, 2.45) is 0 Å². The fourth-order valence-electron chi connectivity index (χ4n) is 2.30. The summed E-state index contributed by atoms with van der Waals surface area (Å²) in [4.78, 5) is 11.8. The quantitative estimate of drug-likeness (QED) is 0.719. The van der Waals surface area contributed by atoms with Crippen LogP contribution in [0.4, 0.5) is 0 Å². The molecule has 2 aromatic carbocycles. The molecule has 0 radical (unpaired) electrons. The Kier molecular flexibility index (Phi) is 5.80. The largest absolute Gasteiger partial charge is 0.476 e. The number of esters is 1. The molecule has 0 aliphatic rings. The van der Waals surface area contributed by atoms with Crippen LogP contribution in [0.2, 0.25) is 0 Å². The van der Waals surface area contributed by atoms with Gasteiger partial charge in [-0.15, -0.1) is 0 Å². The van der Waals surface area contributed by atoms with Gasteiger partial charge in [-0.25, -0.2) is 4.79 Å². The molecule has 0 aromatic heterocycles. The lowest BCUT2D eigenvalue weighted by Gasteiger charge is -2.24. The van der Waals surface area contributed by atoms with Crippen LogP contribution in [-0.2, 0) is 22.4 Å². The van der Waals surface area contributed by atoms with Gasteiger partial charge in [0.25, 0.3) is 0 Å². The maximum absolute atomic E-state index is 11.8. The van der Waals surface area contributed by atoms with E-state index < -0.39 is 5.60 Å². The first-order valence-corrected chi connectivity index (χ1v) is 8.00. The van der Waals surface area contributed by atoms with E-state index in [1.165, 1.54) is 11.1 Å². The van der Waals surface area contributed by atoms with Gasteiger partial charge in [0.2, 0.25) is 0 Å². The number of benzene rings is 2. The average molecular weight is 312 g/mol. The molecule has 0 heterocycles. The van der Waals surface area contributed by atoms with Crippen molar-refractivity contribution in [1.29, 1.82) is 0 Å². The molecule has 0 aliphatic heterocycles. The predicted molar refractivity (Wildman–Crippen MR) is 91.6 cm³/mol. The van der Waals surface area contributed by atoms with Crippen molar-refractivity contribution in [2.45, 2.75) is 39.2 Å². The Morgan fingerprint density at radius 2 is 1.48 bits per heavy atom. The minimum Gasteiger partial charge on any atom is -0.476 e. The zero-order chi connectivity index (χ0) is 16.7. The smallest absolute Gasteiger partial charge is 0.349 e. The third kappa shape index (κ3) is 5.13. The van der Waals surface area contributed by atoms with Gasteiger partial charge in [0.05, 0.1) is 6.61 Å². The summed E-state index contributed by atoms with van der Waals surface area (Å²) < 4.78 is 10.8. The minimum absolute atomic E-state index is 0.351. The van der Waals surface area contributed by atoms with Crippen LogP contribution >= 0.6 is 0 Å². The standard InChI is InChI=1S/C20H24O3/c1-4-22-19(21)20(2,3)23-18-14-12-17(13-15-18)11-10-16-8-6-5-7-9-16/h5-9,12-15H,4,10-11H2,1-3H3. The van der Waals surface area contributed by atoms with E-state index in [2.05, 4.69) is 24.3 Å². The van der Waals surface area contributed by atoms with Gasteiger partial charge in [-0.1, -0.05) is 42.5 Å². The number of carbonyl (C=O) groups is 1. The first kappa shape index (κ1) is 17.1. The summed E-state index contributed by atoms with van der Waals surface area (Å²) in [5.41, 5.74) is 1.59. The summed E-state index contributed by atoms with van der Waals surface area (Å²) in [6, 6.07) is 18.3. The molecule has 3 nitrogen and oxygen atoms in total. The van der Waals surface area contributed by atoms with Crippen LogP contribution in [0.5, 0.6) is 5.75 Å². The minimum atomic E-state index is -0.985. The molecule has 0 aliphatic carbocycles. The zero-order valence-electron chi connectivity index (χ0n) is 14.0. The Hall–Kier alpha value is -2.29. The Balaban J connectivity index is 1.93. The molecule has 2 aromatic rings. The van der Waals surface area contributed by atoms with Gasteiger partial charge in [0.1, 0.15) is 5.75 Å². The number of rotatable bonds is 7. The van der Waals surface area contributed by atoms with Crippen molar-refractivity contribution in [1.82, 2.24) is 0 Å². The number of carbonyl (C=O) groups excluding carboxylic acids is 1. The molecule has 3 heteroatoms. The highest BCUT2D eigenvalue weighted by molar-refractivity contribution is 5.79. The van der Waals surface area contributed by atoms with Crippen molar-refractivity contribution in [2.75, 3.05) is 6.61 Å². The van der Waals surface area contributed by atoms with Crippen molar-refractivity contribution in [3.05, 3.63) is 65.7 Å². The number of hydrogen-bond acceptors (Lipinski definition) is 3. The van der Waals surface area contributed by atoms with E-state index in [-0.39, 0.29) is 5.97 Å². The molecular weight excluding hydrogens is 288 g/mol. The molecule has 0 amide bonds. The van der Waals surface area contributed by atoms with Gasteiger partial charge in [-0.2, -0.15) is 0 Å². The van der Waals surface area contributed by atoms with Gasteiger partial charge < -0.3 is 9.47 Å². The van der Waals surface area contributed by atoms with Crippen LogP contribution in [0.3, 0.4) is 0 Å². The highest BCUT2D eigenvalue weighted by atomic mass is 16.6. The lowest BCUT2D eigenvalue weighted by Crippen LogP contribution is -2.39. The molecule has 0 N–H and O–H groups in total. The van der Waals surface area contributed by atoms with Gasteiger partial charge in [0, 0.05) is 0 Å². The molecule has 0 unspecified atom stereocenters.